The van der Waals surface area contributed by atoms with Crippen molar-refractivity contribution in [3.8, 4) is 0 Å². The molecule has 2 N–H and O–H groups in total. The zero-order chi connectivity index (χ0) is 18.4. The smallest absolute Gasteiger partial charge is 0.282 e. The molecule has 1 amide bonds. The van der Waals surface area contributed by atoms with Crippen LogP contribution in [-0.4, -0.2) is 40.8 Å². The minimum atomic E-state index is -4.06. The number of hydrogen-bond acceptors (Lipinski definition) is 6. The van der Waals surface area contributed by atoms with Crippen LogP contribution in [0.4, 0.5) is 5.82 Å². The van der Waals surface area contributed by atoms with Gasteiger partial charge in [-0.1, -0.05) is 6.07 Å². The fourth-order valence-corrected chi connectivity index (χ4v) is 4.10. The topological polar surface area (TPSA) is 112 Å². The summed E-state index contributed by atoms with van der Waals surface area (Å²) in [6, 6.07) is 6.54. The van der Waals surface area contributed by atoms with E-state index in [2.05, 4.69) is 15.3 Å². The van der Waals surface area contributed by atoms with Gasteiger partial charge in [0.1, 0.15) is 5.82 Å². The summed E-state index contributed by atoms with van der Waals surface area (Å²) in [6.07, 6.45) is 1.48. The Morgan fingerprint density at radius 2 is 2.00 bits per heavy atom. The molecule has 0 aliphatic carbocycles. The van der Waals surface area contributed by atoms with Crippen LogP contribution in [0.25, 0.3) is 5.76 Å². The zero-order valence-corrected chi connectivity index (χ0v) is 14.6. The van der Waals surface area contributed by atoms with Crippen molar-refractivity contribution >= 4 is 27.5 Å². The van der Waals surface area contributed by atoms with Crippen molar-refractivity contribution in [2.75, 3.05) is 12.4 Å². The van der Waals surface area contributed by atoms with E-state index in [1.807, 2.05) is 0 Å². The van der Waals surface area contributed by atoms with Crippen molar-refractivity contribution in [1.29, 1.82) is 0 Å². The molecule has 25 heavy (non-hydrogen) atoms. The molecule has 0 unspecified atom stereocenters. The van der Waals surface area contributed by atoms with Gasteiger partial charge in [-0.15, -0.1) is 0 Å². The van der Waals surface area contributed by atoms with Crippen LogP contribution < -0.4 is 5.32 Å². The maximum absolute atomic E-state index is 12.7. The number of pyridine rings is 2. The van der Waals surface area contributed by atoms with Gasteiger partial charge in [-0.05, 0) is 37.6 Å². The van der Waals surface area contributed by atoms with Crippen LogP contribution >= 0.6 is 0 Å². The predicted octanol–water partition coefficient (Wildman–Crippen LogP) is 1.59. The fraction of sp³-hybridized carbons (Fsp3) is 0.188. The fourth-order valence-electron chi connectivity index (χ4n) is 2.66. The molecule has 0 saturated heterocycles. The highest BCUT2D eigenvalue weighted by Gasteiger charge is 2.40. The first kappa shape index (κ1) is 16.9. The number of nitrogens with one attached hydrogen (secondary N) is 1. The normalized spacial score (nSPS) is 15.7. The van der Waals surface area contributed by atoms with Gasteiger partial charge in [0.2, 0.25) is 0 Å². The van der Waals surface area contributed by atoms with E-state index in [0.717, 1.165) is 4.31 Å². The number of nitrogens with zero attached hydrogens (tertiary/aromatic N) is 3. The van der Waals surface area contributed by atoms with Crippen LogP contribution in [0.3, 0.4) is 0 Å². The lowest BCUT2D eigenvalue weighted by Crippen LogP contribution is -2.38. The van der Waals surface area contributed by atoms with E-state index in [9.17, 15) is 18.3 Å². The number of carbonyl (C=O) groups is 1. The number of likely N-dealkylation sites (N-methyl/N-ethyl adjacent to an activating group) is 1. The van der Waals surface area contributed by atoms with Crippen molar-refractivity contribution in [3.05, 3.63) is 53.0 Å². The third kappa shape index (κ3) is 2.72. The lowest BCUT2D eigenvalue weighted by molar-refractivity contribution is -0.113. The number of carbonyl (C=O) groups excluding carboxylic acids is 1. The Morgan fingerprint density at radius 3 is 2.64 bits per heavy atom. The van der Waals surface area contributed by atoms with Crippen molar-refractivity contribution in [2.45, 2.75) is 18.9 Å². The Bertz CT molecular complexity index is 1000. The van der Waals surface area contributed by atoms with Crippen LogP contribution in [0.5, 0.6) is 0 Å². The first-order valence-electron chi connectivity index (χ1n) is 7.36. The SMILES string of the molecule is Cc1cc(C)c2c(n1)S(=O)(=O)N(C)C(C(=O)Nc1ccccn1)=C2O. The molecular formula is C16H16N4O4S. The number of aliphatic hydroxyl groups is 1. The van der Waals surface area contributed by atoms with Gasteiger partial charge in [-0.25, -0.2) is 9.97 Å². The molecule has 130 valence electrons. The summed E-state index contributed by atoms with van der Waals surface area (Å²) in [5.74, 6) is -0.984. The average molecular weight is 360 g/mol. The molecule has 9 heteroatoms. The summed E-state index contributed by atoms with van der Waals surface area (Å²) in [6.45, 7) is 3.31. The predicted molar refractivity (Wildman–Crippen MR) is 91.1 cm³/mol. The van der Waals surface area contributed by atoms with Crippen molar-refractivity contribution < 1.29 is 18.3 Å². The molecule has 0 bridgehead atoms. The highest BCUT2D eigenvalue weighted by Crippen LogP contribution is 2.35. The van der Waals surface area contributed by atoms with Crippen molar-refractivity contribution in [2.24, 2.45) is 0 Å². The summed E-state index contributed by atoms with van der Waals surface area (Å²) in [5.41, 5.74) is 0.670. The minimum Gasteiger partial charge on any atom is -0.505 e. The van der Waals surface area contributed by atoms with E-state index in [4.69, 9.17) is 0 Å². The van der Waals surface area contributed by atoms with E-state index < -0.39 is 21.7 Å². The monoisotopic (exact) mass is 360 g/mol. The summed E-state index contributed by atoms with van der Waals surface area (Å²) >= 11 is 0. The van der Waals surface area contributed by atoms with Gasteiger partial charge in [0.25, 0.3) is 15.9 Å². The third-order valence-corrected chi connectivity index (χ3v) is 5.50. The number of sulfonamides is 1. The molecule has 2 aromatic heterocycles. The molecule has 2 aromatic rings. The number of hydrogen-bond donors (Lipinski definition) is 2. The average Bonchev–Trinajstić information content (AvgIpc) is 2.53. The van der Waals surface area contributed by atoms with Crippen LogP contribution in [0.15, 0.2) is 41.2 Å². The Morgan fingerprint density at radius 1 is 1.28 bits per heavy atom. The van der Waals surface area contributed by atoms with Crippen molar-refractivity contribution in [3.63, 3.8) is 0 Å². The van der Waals surface area contributed by atoms with Gasteiger partial charge >= 0.3 is 0 Å². The Hall–Kier alpha value is -2.94. The molecule has 3 rings (SSSR count). The summed E-state index contributed by atoms with van der Waals surface area (Å²) in [5, 5.41) is 12.8. The first-order valence-corrected chi connectivity index (χ1v) is 8.80. The largest absolute Gasteiger partial charge is 0.505 e. The first-order chi connectivity index (χ1) is 11.7. The second-order valence-electron chi connectivity index (χ2n) is 5.60. The molecule has 0 fully saturated rings. The van der Waals surface area contributed by atoms with E-state index in [1.54, 1.807) is 38.1 Å². The number of amides is 1. The van der Waals surface area contributed by atoms with Gasteiger partial charge in [0, 0.05) is 18.9 Å². The quantitative estimate of drug-likeness (QED) is 0.841. The van der Waals surface area contributed by atoms with Gasteiger partial charge in [0.15, 0.2) is 16.5 Å². The van der Waals surface area contributed by atoms with Gasteiger partial charge in [0.05, 0.1) is 5.56 Å². The zero-order valence-electron chi connectivity index (χ0n) is 13.8. The number of aliphatic hydroxyl groups excluding tert-OH is 1. The van der Waals surface area contributed by atoms with Crippen LogP contribution in [0.2, 0.25) is 0 Å². The number of rotatable bonds is 2. The van der Waals surface area contributed by atoms with E-state index in [-0.39, 0.29) is 22.1 Å². The van der Waals surface area contributed by atoms with Crippen LogP contribution in [0.1, 0.15) is 16.8 Å². The summed E-state index contributed by atoms with van der Waals surface area (Å²) in [7, 11) is -2.87. The molecule has 0 radical (unpaired) electrons. The number of aromatic nitrogens is 2. The van der Waals surface area contributed by atoms with Crippen molar-refractivity contribution in [1.82, 2.24) is 14.3 Å². The van der Waals surface area contributed by atoms with Gasteiger partial charge < -0.3 is 10.4 Å². The number of aryl methyl sites for hydroxylation is 2. The van der Waals surface area contributed by atoms with E-state index >= 15 is 0 Å². The maximum Gasteiger partial charge on any atom is 0.282 e. The highest BCUT2D eigenvalue weighted by atomic mass is 32.2. The van der Waals surface area contributed by atoms with Gasteiger partial charge in [-0.2, -0.15) is 8.42 Å². The Labute approximate surface area is 144 Å². The summed E-state index contributed by atoms with van der Waals surface area (Å²) in [4.78, 5) is 20.6. The standard InChI is InChI=1S/C16H16N4O4S/c1-9-8-10(2)18-16-12(9)14(21)13(20(3)25(16,23)24)15(22)19-11-6-4-5-7-17-11/h4-8,21H,1-3H3,(H,17,19,22). The third-order valence-electron chi connectivity index (χ3n) is 3.81. The molecule has 0 spiro atoms. The van der Waals surface area contributed by atoms with E-state index in [1.165, 1.54) is 13.2 Å². The highest BCUT2D eigenvalue weighted by molar-refractivity contribution is 7.89. The molecule has 1 aliphatic heterocycles. The van der Waals surface area contributed by atoms with E-state index in [0.29, 0.717) is 11.3 Å². The molecule has 1 aliphatic rings. The minimum absolute atomic E-state index is 0.0369. The molecular weight excluding hydrogens is 344 g/mol. The lowest BCUT2D eigenvalue weighted by atomic mass is 10.1. The number of fused-ring (bicyclic) bond motifs is 1. The number of anilines is 1. The Balaban J connectivity index is 2.17. The van der Waals surface area contributed by atoms with Crippen LogP contribution in [-0.2, 0) is 14.8 Å². The Kier molecular flexibility index (Phi) is 3.96. The van der Waals surface area contributed by atoms with Gasteiger partial charge in [-0.3, -0.25) is 9.10 Å². The second kappa shape index (κ2) is 5.85. The van der Waals surface area contributed by atoms with Crippen LogP contribution in [0, 0.1) is 13.8 Å². The molecule has 3 heterocycles. The molecule has 0 atom stereocenters. The lowest BCUT2D eigenvalue weighted by Gasteiger charge is -2.28. The molecule has 0 aromatic carbocycles. The summed E-state index contributed by atoms with van der Waals surface area (Å²) < 4.78 is 26.2. The molecule has 0 saturated carbocycles. The second-order valence-corrected chi connectivity index (χ2v) is 7.48. The molecule has 8 nitrogen and oxygen atoms in total. The maximum atomic E-state index is 12.7.